The van der Waals surface area contributed by atoms with E-state index >= 15 is 0 Å². The Kier molecular flexibility index (Phi) is 4.47. The summed E-state index contributed by atoms with van der Waals surface area (Å²) in [5.41, 5.74) is 6.81. The van der Waals surface area contributed by atoms with Crippen LogP contribution in [0.5, 0.6) is 0 Å². The molecule has 1 aliphatic rings. The highest BCUT2D eigenvalue weighted by Crippen LogP contribution is 2.30. The maximum Gasteiger partial charge on any atom is 0.123 e. The number of hydrogen-bond donors (Lipinski definition) is 1. The minimum atomic E-state index is -0.193. The molecule has 0 bridgehead atoms. The van der Waals surface area contributed by atoms with Gasteiger partial charge in [-0.15, -0.1) is 0 Å². The Hall–Kier alpha value is -0.970. The van der Waals surface area contributed by atoms with Gasteiger partial charge in [0.15, 0.2) is 0 Å². The van der Waals surface area contributed by atoms with Gasteiger partial charge in [0.1, 0.15) is 5.82 Å². The third-order valence-electron chi connectivity index (χ3n) is 4.21. The van der Waals surface area contributed by atoms with Gasteiger partial charge in [-0.25, -0.2) is 4.39 Å². The van der Waals surface area contributed by atoms with Crippen LogP contribution in [-0.4, -0.2) is 42.3 Å². The number of hydrogen-bond acceptors (Lipinski definition) is 3. The van der Waals surface area contributed by atoms with E-state index in [4.69, 9.17) is 10.5 Å². The highest BCUT2D eigenvalue weighted by Gasteiger charge is 2.41. The SMILES string of the molecule is CC1(C)COCCN1C(C)(CN)Cc1cccc(F)c1. The second-order valence-electron chi connectivity index (χ2n) is 6.52. The van der Waals surface area contributed by atoms with E-state index in [0.29, 0.717) is 13.2 Å². The third kappa shape index (κ3) is 3.19. The Morgan fingerprint density at radius 3 is 2.80 bits per heavy atom. The summed E-state index contributed by atoms with van der Waals surface area (Å²) >= 11 is 0. The summed E-state index contributed by atoms with van der Waals surface area (Å²) in [6.45, 7) is 9.32. The van der Waals surface area contributed by atoms with E-state index in [-0.39, 0.29) is 16.9 Å². The summed E-state index contributed by atoms with van der Waals surface area (Å²) in [6.07, 6.45) is 0.741. The summed E-state index contributed by atoms with van der Waals surface area (Å²) in [5.74, 6) is -0.192. The van der Waals surface area contributed by atoms with E-state index in [1.54, 1.807) is 12.1 Å². The summed E-state index contributed by atoms with van der Waals surface area (Å²) in [7, 11) is 0. The average molecular weight is 280 g/mol. The van der Waals surface area contributed by atoms with E-state index in [9.17, 15) is 4.39 Å². The number of benzene rings is 1. The molecule has 2 rings (SSSR count). The number of morpholine rings is 1. The van der Waals surface area contributed by atoms with Crippen LogP contribution in [-0.2, 0) is 11.2 Å². The molecule has 1 aliphatic heterocycles. The van der Waals surface area contributed by atoms with Crippen molar-refractivity contribution in [3.05, 3.63) is 35.6 Å². The van der Waals surface area contributed by atoms with Crippen LogP contribution in [0.1, 0.15) is 26.3 Å². The largest absolute Gasteiger partial charge is 0.378 e. The van der Waals surface area contributed by atoms with Gasteiger partial charge >= 0.3 is 0 Å². The summed E-state index contributed by atoms with van der Waals surface area (Å²) in [5, 5.41) is 0. The predicted octanol–water partition coefficient (Wildman–Crippen LogP) is 2.20. The van der Waals surface area contributed by atoms with Gasteiger partial charge in [0, 0.05) is 24.2 Å². The van der Waals surface area contributed by atoms with Crippen LogP contribution in [0.4, 0.5) is 4.39 Å². The molecule has 0 radical (unpaired) electrons. The van der Waals surface area contributed by atoms with E-state index < -0.39 is 0 Å². The molecular weight excluding hydrogens is 255 g/mol. The first-order chi connectivity index (χ1) is 9.37. The molecule has 112 valence electrons. The lowest BCUT2D eigenvalue weighted by atomic mass is 9.85. The van der Waals surface area contributed by atoms with Crippen molar-refractivity contribution in [3.63, 3.8) is 0 Å². The molecule has 1 aromatic rings. The fraction of sp³-hybridized carbons (Fsp3) is 0.625. The van der Waals surface area contributed by atoms with Crippen LogP contribution in [0.2, 0.25) is 0 Å². The van der Waals surface area contributed by atoms with E-state index in [2.05, 4.69) is 25.7 Å². The summed E-state index contributed by atoms with van der Waals surface area (Å²) in [4.78, 5) is 2.41. The first-order valence-corrected chi connectivity index (χ1v) is 7.17. The molecule has 0 spiro atoms. The minimum absolute atomic E-state index is 0.0559. The first-order valence-electron chi connectivity index (χ1n) is 7.17. The second kappa shape index (κ2) is 5.80. The normalized spacial score (nSPS) is 22.4. The van der Waals surface area contributed by atoms with Gasteiger partial charge in [-0.05, 0) is 44.9 Å². The number of ether oxygens (including phenoxy) is 1. The first kappa shape index (κ1) is 15.4. The number of rotatable bonds is 4. The molecule has 1 saturated heterocycles. The molecular formula is C16H25FN2O. The van der Waals surface area contributed by atoms with Crippen molar-refractivity contribution < 1.29 is 9.13 Å². The van der Waals surface area contributed by atoms with E-state index in [1.165, 1.54) is 6.07 Å². The fourth-order valence-electron chi connectivity index (χ4n) is 3.22. The molecule has 0 aromatic heterocycles. The van der Waals surface area contributed by atoms with Gasteiger partial charge in [-0.2, -0.15) is 0 Å². The van der Waals surface area contributed by atoms with Crippen molar-refractivity contribution in [1.82, 2.24) is 4.90 Å². The summed E-state index contributed by atoms with van der Waals surface area (Å²) < 4.78 is 19.0. The van der Waals surface area contributed by atoms with Gasteiger partial charge in [0.25, 0.3) is 0 Å². The van der Waals surface area contributed by atoms with Crippen molar-refractivity contribution in [2.45, 2.75) is 38.3 Å². The van der Waals surface area contributed by atoms with Crippen LogP contribution >= 0.6 is 0 Å². The quantitative estimate of drug-likeness (QED) is 0.919. The molecule has 1 aromatic carbocycles. The van der Waals surface area contributed by atoms with Gasteiger partial charge < -0.3 is 10.5 Å². The summed E-state index contributed by atoms with van der Waals surface area (Å²) in [6, 6.07) is 6.79. The van der Waals surface area contributed by atoms with Crippen molar-refractivity contribution >= 4 is 0 Å². The van der Waals surface area contributed by atoms with Gasteiger partial charge in [-0.3, -0.25) is 4.90 Å². The molecule has 1 atom stereocenters. The van der Waals surface area contributed by atoms with Crippen LogP contribution in [0.25, 0.3) is 0 Å². The molecule has 0 aliphatic carbocycles. The Labute approximate surface area is 120 Å². The van der Waals surface area contributed by atoms with Crippen molar-refractivity contribution in [2.24, 2.45) is 5.73 Å². The smallest absolute Gasteiger partial charge is 0.123 e. The Bertz CT molecular complexity index is 464. The molecule has 1 fully saturated rings. The topological polar surface area (TPSA) is 38.5 Å². The lowest BCUT2D eigenvalue weighted by molar-refractivity contribution is -0.0984. The van der Waals surface area contributed by atoms with Crippen LogP contribution in [0.3, 0.4) is 0 Å². The zero-order valence-corrected chi connectivity index (χ0v) is 12.7. The number of nitrogens with zero attached hydrogens (tertiary/aromatic N) is 1. The second-order valence-corrected chi connectivity index (χ2v) is 6.52. The Morgan fingerprint density at radius 2 is 2.20 bits per heavy atom. The lowest BCUT2D eigenvalue weighted by Crippen LogP contribution is -2.65. The van der Waals surface area contributed by atoms with Crippen LogP contribution in [0.15, 0.2) is 24.3 Å². The number of nitrogens with two attached hydrogens (primary N) is 1. The van der Waals surface area contributed by atoms with Gasteiger partial charge in [0.05, 0.1) is 13.2 Å². The minimum Gasteiger partial charge on any atom is -0.378 e. The van der Waals surface area contributed by atoms with E-state index in [1.807, 2.05) is 6.07 Å². The van der Waals surface area contributed by atoms with Crippen molar-refractivity contribution in [3.8, 4) is 0 Å². The molecule has 20 heavy (non-hydrogen) atoms. The highest BCUT2D eigenvalue weighted by atomic mass is 19.1. The highest BCUT2D eigenvalue weighted by molar-refractivity contribution is 5.20. The zero-order chi connectivity index (χ0) is 14.8. The van der Waals surface area contributed by atoms with Crippen molar-refractivity contribution in [2.75, 3.05) is 26.3 Å². The molecule has 2 N–H and O–H groups in total. The van der Waals surface area contributed by atoms with Crippen molar-refractivity contribution in [1.29, 1.82) is 0 Å². The third-order valence-corrected chi connectivity index (χ3v) is 4.21. The van der Waals surface area contributed by atoms with E-state index in [0.717, 1.165) is 25.1 Å². The Morgan fingerprint density at radius 1 is 1.45 bits per heavy atom. The maximum absolute atomic E-state index is 13.4. The van der Waals surface area contributed by atoms with Crippen LogP contribution in [0, 0.1) is 5.82 Å². The zero-order valence-electron chi connectivity index (χ0n) is 12.7. The molecule has 4 heteroatoms. The standard InChI is InChI=1S/C16H25FN2O/c1-15(2)12-20-8-7-19(15)16(3,11-18)10-13-5-4-6-14(17)9-13/h4-6,9H,7-8,10-12,18H2,1-3H3. The maximum atomic E-state index is 13.4. The fourth-order valence-corrected chi connectivity index (χ4v) is 3.22. The van der Waals surface area contributed by atoms with Crippen LogP contribution < -0.4 is 5.73 Å². The number of halogens is 1. The monoisotopic (exact) mass is 280 g/mol. The Balaban J connectivity index is 2.24. The predicted molar refractivity (Wildman–Crippen MR) is 79.2 cm³/mol. The molecule has 0 amide bonds. The molecule has 0 saturated carbocycles. The van der Waals surface area contributed by atoms with Gasteiger partial charge in [0.2, 0.25) is 0 Å². The van der Waals surface area contributed by atoms with Gasteiger partial charge in [-0.1, -0.05) is 12.1 Å². The molecule has 3 nitrogen and oxygen atoms in total. The molecule has 1 unspecified atom stereocenters. The average Bonchev–Trinajstić information content (AvgIpc) is 2.38. The lowest BCUT2D eigenvalue weighted by Gasteiger charge is -2.52. The molecule has 1 heterocycles.